The number of hydrogen-bond acceptors (Lipinski definition) is 2. The van der Waals surface area contributed by atoms with Gasteiger partial charge in [-0.2, -0.15) is 0 Å². The van der Waals surface area contributed by atoms with Crippen LogP contribution in [0.3, 0.4) is 0 Å². The standard InChI is InChI=1S/C19H26N2/c1-13-10-14(2)12-18(11-13)8-9-19-15(3)6-7-16(4)20-17(5)21-19/h7,10-12,15H,6,8-9H2,1-5H3/b16-7+,20-17-,21-19-. The summed E-state index contributed by atoms with van der Waals surface area (Å²) in [6, 6.07) is 6.79. The SMILES string of the molecule is CC1=N/C(C)=C/CC(C)/C(CCc2cc(C)cc(C)c2)=N\1. The molecule has 2 nitrogen and oxygen atoms in total. The Morgan fingerprint density at radius 2 is 1.62 bits per heavy atom. The number of rotatable bonds is 3. The largest absolute Gasteiger partial charge is 0.242 e. The maximum Gasteiger partial charge on any atom is 0.125 e. The Bertz CT molecular complexity index is 586. The Hall–Kier alpha value is -1.70. The highest BCUT2D eigenvalue weighted by Gasteiger charge is 2.12. The maximum absolute atomic E-state index is 4.75. The molecule has 1 aromatic rings. The van der Waals surface area contributed by atoms with Gasteiger partial charge in [0.15, 0.2) is 0 Å². The van der Waals surface area contributed by atoms with E-state index >= 15 is 0 Å². The van der Waals surface area contributed by atoms with Crippen molar-refractivity contribution in [2.75, 3.05) is 0 Å². The van der Waals surface area contributed by atoms with Crippen LogP contribution >= 0.6 is 0 Å². The summed E-state index contributed by atoms with van der Waals surface area (Å²) in [5.74, 6) is 1.38. The second-order valence-electron chi connectivity index (χ2n) is 6.24. The third-order valence-electron chi connectivity index (χ3n) is 3.93. The number of aryl methyl sites for hydroxylation is 3. The maximum atomic E-state index is 4.75. The van der Waals surface area contributed by atoms with Crippen LogP contribution in [0, 0.1) is 19.8 Å². The zero-order valence-electron chi connectivity index (χ0n) is 13.9. The van der Waals surface area contributed by atoms with Crippen LogP contribution in [0.4, 0.5) is 0 Å². The molecule has 1 atom stereocenters. The quantitative estimate of drug-likeness (QED) is 0.742. The van der Waals surface area contributed by atoms with Crippen LogP contribution < -0.4 is 0 Å². The van der Waals surface area contributed by atoms with E-state index < -0.39 is 0 Å². The van der Waals surface area contributed by atoms with Crippen LogP contribution in [0.1, 0.15) is 50.3 Å². The van der Waals surface area contributed by atoms with Gasteiger partial charge in [-0.15, -0.1) is 0 Å². The summed E-state index contributed by atoms with van der Waals surface area (Å²) in [6.45, 7) is 10.6. The van der Waals surface area contributed by atoms with Crippen molar-refractivity contribution in [3.8, 4) is 0 Å². The lowest BCUT2D eigenvalue weighted by Gasteiger charge is -2.16. The molecule has 2 heteroatoms. The van der Waals surface area contributed by atoms with E-state index in [0.29, 0.717) is 5.92 Å². The van der Waals surface area contributed by atoms with Gasteiger partial charge in [-0.3, -0.25) is 0 Å². The first-order valence-corrected chi connectivity index (χ1v) is 7.80. The lowest BCUT2D eigenvalue weighted by molar-refractivity contribution is 0.756. The predicted molar refractivity (Wildman–Crippen MR) is 92.3 cm³/mol. The molecule has 0 bridgehead atoms. The number of nitrogens with zero attached hydrogens (tertiary/aromatic N) is 2. The third-order valence-corrected chi connectivity index (χ3v) is 3.93. The van der Waals surface area contributed by atoms with Gasteiger partial charge in [-0.05, 0) is 58.4 Å². The number of amidine groups is 1. The Labute approximate surface area is 128 Å². The minimum absolute atomic E-state index is 0.497. The summed E-state index contributed by atoms with van der Waals surface area (Å²) in [6.07, 6.45) is 5.33. The molecule has 0 radical (unpaired) electrons. The highest BCUT2D eigenvalue weighted by Crippen LogP contribution is 2.18. The molecule has 1 unspecified atom stereocenters. The fourth-order valence-corrected chi connectivity index (χ4v) is 2.92. The van der Waals surface area contributed by atoms with Crippen molar-refractivity contribution in [1.29, 1.82) is 0 Å². The highest BCUT2D eigenvalue weighted by molar-refractivity contribution is 5.98. The summed E-state index contributed by atoms with van der Waals surface area (Å²) in [7, 11) is 0. The summed E-state index contributed by atoms with van der Waals surface area (Å²) < 4.78 is 0. The molecule has 0 fully saturated rings. The van der Waals surface area contributed by atoms with Gasteiger partial charge in [-0.1, -0.05) is 42.3 Å². The number of benzene rings is 1. The van der Waals surface area contributed by atoms with E-state index in [4.69, 9.17) is 4.99 Å². The van der Waals surface area contributed by atoms with Crippen molar-refractivity contribution in [2.24, 2.45) is 15.9 Å². The molecule has 2 rings (SSSR count). The van der Waals surface area contributed by atoms with Crippen LogP contribution in [-0.2, 0) is 6.42 Å². The molecule has 112 valence electrons. The lowest BCUT2D eigenvalue weighted by Crippen LogP contribution is -2.15. The Kier molecular flexibility index (Phi) is 5.11. The minimum atomic E-state index is 0.497. The third kappa shape index (κ3) is 4.66. The van der Waals surface area contributed by atoms with Crippen LogP contribution in [0.15, 0.2) is 40.0 Å². The first-order chi connectivity index (χ1) is 9.94. The van der Waals surface area contributed by atoms with Gasteiger partial charge in [0, 0.05) is 11.4 Å². The van der Waals surface area contributed by atoms with Crippen molar-refractivity contribution in [3.05, 3.63) is 46.7 Å². The van der Waals surface area contributed by atoms with E-state index in [1.165, 1.54) is 22.4 Å². The van der Waals surface area contributed by atoms with Gasteiger partial charge >= 0.3 is 0 Å². The van der Waals surface area contributed by atoms with Gasteiger partial charge in [0.1, 0.15) is 5.84 Å². The average molecular weight is 282 g/mol. The number of aliphatic imine (C=N–C) groups is 2. The number of hydrogen-bond donors (Lipinski definition) is 0. The molecule has 0 aromatic heterocycles. The first kappa shape index (κ1) is 15.7. The van der Waals surface area contributed by atoms with Crippen LogP contribution in [0.5, 0.6) is 0 Å². The first-order valence-electron chi connectivity index (χ1n) is 7.80. The molecule has 21 heavy (non-hydrogen) atoms. The minimum Gasteiger partial charge on any atom is -0.242 e. The normalized spacial score (nSPS) is 26.7. The second-order valence-corrected chi connectivity index (χ2v) is 6.24. The molecule has 0 amide bonds. The zero-order chi connectivity index (χ0) is 15.4. The average Bonchev–Trinajstić information content (AvgIpc) is 2.38. The second kappa shape index (κ2) is 6.84. The van der Waals surface area contributed by atoms with E-state index in [0.717, 1.165) is 30.8 Å². The predicted octanol–water partition coefficient (Wildman–Crippen LogP) is 5.04. The van der Waals surface area contributed by atoms with Gasteiger partial charge in [0.2, 0.25) is 0 Å². The topological polar surface area (TPSA) is 24.7 Å². The van der Waals surface area contributed by atoms with E-state index in [1.807, 2.05) is 13.8 Å². The summed E-state index contributed by atoms with van der Waals surface area (Å²) in [4.78, 5) is 9.25. The van der Waals surface area contributed by atoms with Crippen LogP contribution in [-0.4, -0.2) is 11.5 Å². The molecule has 0 saturated heterocycles. The van der Waals surface area contributed by atoms with Crippen molar-refractivity contribution in [3.63, 3.8) is 0 Å². The van der Waals surface area contributed by atoms with Crippen molar-refractivity contribution in [2.45, 2.75) is 53.9 Å². The molecule has 0 spiro atoms. The molecule has 0 saturated carbocycles. The van der Waals surface area contributed by atoms with Gasteiger partial charge in [0.25, 0.3) is 0 Å². The smallest absolute Gasteiger partial charge is 0.125 e. The number of allylic oxidation sites excluding steroid dienone is 2. The molecule has 1 aliphatic heterocycles. The Morgan fingerprint density at radius 1 is 0.952 bits per heavy atom. The van der Waals surface area contributed by atoms with E-state index in [-0.39, 0.29) is 0 Å². The Morgan fingerprint density at radius 3 is 2.29 bits per heavy atom. The molecule has 1 heterocycles. The van der Waals surface area contributed by atoms with E-state index in [9.17, 15) is 0 Å². The molecular formula is C19H26N2. The highest BCUT2D eigenvalue weighted by atomic mass is 14.9. The van der Waals surface area contributed by atoms with Crippen LogP contribution in [0.25, 0.3) is 0 Å². The van der Waals surface area contributed by atoms with Gasteiger partial charge in [0.05, 0.1) is 0 Å². The zero-order valence-corrected chi connectivity index (χ0v) is 13.9. The fourth-order valence-electron chi connectivity index (χ4n) is 2.92. The van der Waals surface area contributed by atoms with Gasteiger partial charge < -0.3 is 0 Å². The molecular weight excluding hydrogens is 256 g/mol. The monoisotopic (exact) mass is 282 g/mol. The van der Waals surface area contributed by atoms with Crippen LogP contribution in [0.2, 0.25) is 0 Å². The molecule has 0 aliphatic carbocycles. The summed E-state index contributed by atoms with van der Waals surface area (Å²) in [5, 5.41) is 0. The summed E-state index contributed by atoms with van der Waals surface area (Å²) >= 11 is 0. The summed E-state index contributed by atoms with van der Waals surface area (Å²) in [5.41, 5.74) is 6.45. The van der Waals surface area contributed by atoms with Crippen molar-refractivity contribution in [1.82, 2.24) is 0 Å². The van der Waals surface area contributed by atoms with Crippen molar-refractivity contribution >= 4 is 11.5 Å². The van der Waals surface area contributed by atoms with Gasteiger partial charge in [-0.25, -0.2) is 9.98 Å². The van der Waals surface area contributed by atoms with E-state index in [1.54, 1.807) is 0 Å². The Balaban J connectivity index is 2.12. The van der Waals surface area contributed by atoms with E-state index in [2.05, 4.69) is 50.0 Å². The lowest BCUT2D eigenvalue weighted by atomic mass is 9.94. The molecule has 1 aromatic carbocycles. The fraction of sp³-hybridized carbons (Fsp3) is 0.474. The van der Waals surface area contributed by atoms with Crippen molar-refractivity contribution < 1.29 is 0 Å². The molecule has 1 aliphatic rings. The molecule has 0 N–H and O–H groups in total.